The Morgan fingerprint density at radius 1 is 1.29 bits per heavy atom. The summed E-state index contributed by atoms with van der Waals surface area (Å²) in [4.78, 5) is 22.5. The quantitative estimate of drug-likeness (QED) is 0.503. The molecule has 184 valence electrons. The van der Waals surface area contributed by atoms with E-state index < -0.39 is 0 Å². The highest BCUT2D eigenvalue weighted by Crippen LogP contribution is 2.30. The van der Waals surface area contributed by atoms with Crippen LogP contribution < -0.4 is 16.0 Å². The number of anilines is 1. The van der Waals surface area contributed by atoms with Crippen LogP contribution in [0.15, 0.2) is 36.8 Å². The van der Waals surface area contributed by atoms with Crippen LogP contribution in [0.5, 0.6) is 0 Å². The lowest BCUT2D eigenvalue weighted by Crippen LogP contribution is -2.38. The van der Waals surface area contributed by atoms with Gasteiger partial charge in [-0.05, 0) is 49.0 Å². The maximum absolute atomic E-state index is 13.1. The molecule has 1 saturated heterocycles. The Morgan fingerprint density at radius 3 is 2.91 bits per heavy atom. The third-order valence-electron chi connectivity index (χ3n) is 6.47. The molecule has 1 atom stereocenters. The molecule has 3 aromatic rings. The normalized spacial score (nSPS) is 18.7. The van der Waals surface area contributed by atoms with Crippen LogP contribution >= 0.6 is 0 Å². The molecule has 3 aromatic heterocycles. The second-order valence-electron chi connectivity index (χ2n) is 9.74. The molecule has 1 amide bonds. The largest absolute Gasteiger partial charge is 0.381 e. The van der Waals surface area contributed by atoms with Crippen LogP contribution in [0.25, 0.3) is 11.1 Å². The van der Waals surface area contributed by atoms with Crippen LogP contribution in [0.2, 0.25) is 0 Å². The molecule has 9 nitrogen and oxygen atoms in total. The summed E-state index contributed by atoms with van der Waals surface area (Å²) in [6.07, 6.45) is 9.30. The van der Waals surface area contributed by atoms with Crippen molar-refractivity contribution in [3.63, 3.8) is 0 Å². The number of hydrogen-bond acceptors (Lipinski definition) is 7. The van der Waals surface area contributed by atoms with E-state index in [1.165, 1.54) is 0 Å². The first-order valence-electron chi connectivity index (χ1n) is 12.4. The summed E-state index contributed by atoms with van der Waals surface area (Å²) in [6.45, 7) is 9.28. The minimum absolute atomic E-state index is 0.0986. The molecule has 0 radical (unpaired) electrons. The number of nitrogens with one attached hydrogen (secondary N) is 3. The highest BCUT2D eigenvalue weighted by atomic mass is 16.5. The molecule has 1 fully saturated rings. The highest BCUT2D eigenvalue weighted by molar-refractivity contribution is 6.01. The smallest absolute Gasteiger partial charge is 0.255 e. The predicted octanol–water partition coefficient (Wildman–Crippen LogP) is 3.02. The second kappa shape index (κ2) is 10.1. The van der Waals surface area contributed by atoms with Crippen LogP contribution in [0.3, 0.4) is 0 Å². The number of ether oxygens (including phenoxy) is 1. The van der Waals surface area contributed by atoms with E-state index in [-0.39, 0.29) is 18.0 Å². The van der Waals surface area contributed by atoms with Gasteiger partial charge in [0.1, 0.15) is 0 Å². The summed E-state index contributed by atoms with van der Waals surface area (Å²) in [5.41, 5.74) is 5.34. The van der Waals surface area contributed by atoms with E-state index >= 15 is 0 Å². The van der Waals surface area contributed by atoms with Gasteiger partial charge in [-0.1, -0.05) is 19.9 Å². The Kier molecular flexibility index (Phi) is 6.79. The fourth-order valence-corrected chi connectivity index (χ4v) is 4.49. The first kappa shape index (κ1) is 23.4. The van der Waals surface area contributed by atoms with Crippen molar-refractivity contribution in [3.8, 4) is 0 Å². The van der Waals surface area contributed by atoms with Gasteiger partial charge in [-0.2, -0.15) is 5.10 Å². The minimum atomic E-state index is -0.0986. The molecule has 9 heteroatoms. The molecular weight excluding hydrogens is 442 g/mol. The number of rotatable bonds is 6. The number of amides is 1. The summed E-state index contributed by atoms with van der Waals surface area (Å²) in [6, 6.07) is 4.35. The lowest BCUT2D eigenvalue weighted by molar-refractivity contribution is 0.0697. The highest BCUT2D eigenvalue weighted by Gasteiger charge is 2.22. The third-order valence-corrected chi connectivity index (χ3v) is 6.47. The fraction of sp³-hybridized carbons (Fsp3) is 0.462. The molecule has 3 N–H and O–H groups in total. The Morgan fingerprint density at radius 2 is 2.11 bits per heavy atom. The summed E-state index contributed by atoms with van der Waals surface area (Å²) < 4.78 is 7.16. The van der Waals surface area contributed by atoms with Crippen molar-refractivity contribution in [2.24, 2.45) is 5.92 Å². The van der Waals surface area contributed by atoms with Crippen molar-refractivity contribution in [1.29, 1.82) is 0 Å². The summed E-state index contributed by atoms with van der Waals surface area (Å²) in [7, 11) is 0. The molecule has 35 heavy (non-hydrogen) atoms. The van der Waals surface area contributed by atoms with Crippen molar-refractivity contribution in [3.05, 3.63) is 59.2 Å². The molecule has 2 aliphatic heterocycles. The third kappa shape index (κ3) is 5.21. The van der Waals surface area contributed by atoms with Crippen LogP contribution in [0, 0.1) is 5.92 Å². The van der Waals surface area contributed by atoms with Gasteiger partial charge in [0.25, 0.3) is 5.91 Å². The van der Waals surface area contributed by atoms with Gasteiger partial charge in [0.2, 0.25) is 5.95 Å². The molecule has 5 rings (SSSR count). The SMILES string of the molecule is CC(C)CNc1ncc2c(n1)CN[C@H](C)C=C2c1ccn2ncc(C(=O)NC3CCOCC3)c2c1. The standard InChI is InChI=1S/C26H33N7O2/c1-16(2)12-28-26-29-13-21-20(10-17(3)27-15-23(21)32-26)18-4-7-33-24(11-18)22(14-30-33)25(34)31-19-5-8-35-9-6-19/h4,7,10-11,13-14,16-17,19,27H,5-6,8-9,12,15H2,1-3H3,(H,31,34)(H,28,29,32)/t17-/m1/s1. The maximum Gasteiger partial charge on any atom is 0.255 e. The monoisotopic (exact) mass is 475 g/mol. The molecule has 0 unspecified atom stereocenters. The Hall–Kier alpha value is -3.30. The molecule has 0 bridgehead atoms. The molecule has 0 saturated carbocycles. The van der Waals surface area contributed by atoms with E-state index in [1.54, 1.807) is 10.7 Å². The average Bonchev–Trinajstić information content (AvgIpc) is 3.21. The van der Waals surface area contributed by atoms with E-state index in [1.807, 2.05) is 24.5 Å². The summed E-state index contributed by atoms with van der Waals surface area (Å²) in [5.74, 6) is 1.05. The zero-order valence-corrected chi connectivity index (χ0v) is 20.5. The van der Waals surface area contributed by atoms with Gasteiger partial charge in [-0.25, -0.2) is 14.5 Å². The molecule has 5 heterocycles. The molecular formula is C26H33N7O2. The van der Waals surface area contributed by atoms with Gasteiger partial charge >= 0.3 is 0 Å². The van der Waals surface area contributed by atoms with Crippen LogP contribution in [-0.2, 0) is 11.3 Å². The lowest BCUT2D eigenvalue weighted by Gasteiger charge is -2.22. The number of nitrogens with zero attached hydrogens (tertiary/aromatic N) is 4. The first-order valence-corrected chi connectivity index (χ1v) is 12.4. The number of pyridine rings is 1. The maximum atomic E-state index is 13.1. The summed E-state index contributed by atoms with van der Waals surface area (Å²) in [5, 5.41) is 14.4. The number of carbonyl (C=O) groups excluding carboxylic acids is 1. The molecule has 0 aliphatic carbocycles. The lowest BCUT2D eigenvalue weighted by atomic mass is 9.97. The van der Waals surface area contributed by atoms with E-state index in [0.29, 0.717) is 37.2 Å². The fourth-order valence-electron chi connectivity index (χ4n) is 4.49. The van der Waals surface area contributed by atoms with Gasteiger partial charge in [0, 0.05) is 56.3 Å². The van der Waals surface area contributed by atoms with Crippen molar-refractivity contribution in [2.75, 3.05) is 25.1 Å². The number of fused-ring (bicyclic) bond motifs is 2. The van der Waals surface area contributed by atoms with Gasteiger partial charge in [-0.3, -0.25) is 4.79 Å². The Bertz CT molecular complexity index is 1240. The van der Waals surface area contributed by atoms with Gasteiger partial charge in [-0.15, -0.1) is 0 Å². The van der Waals surface area contributed by atoms with Crippen molar-refractivity contribution in [2.45, 2.75) is 52.2 Å². The number of carbonyl (C=O) groups is 1. The number of hydrogen-bond donors (Lipinski definition) is 3. The molecule has 0 aromatic carbocycles. The second-order valence-corrected chi connectivity index (χ2v) is 9.74. The van der Waals surface area contributed by atoms with E-state index in [0.717, 1.165) is 47.3 Å². The van der Waals surface area contributed by atoms with E-state index in [2.05, 4.69) is 52.9 Å². The van der Waals surface area contributed by atoms with Crippen molar-refractivity contribution >= 4 is 22.9 Å². The molecule has 0 spiro atoms. The van der Waals surface area contributed by atoms with Crippen LogP contribution in [-0.4, -0.2) is 57.3 Å². The average molecular weight is 476 g/mol. The topological polar surface area (TPSA) is 105 Å². The Labute approximate surface area is 205 Å². The zero-order chi connectivity index (χ0) is 24.4. The van der Waals surface area contributed by atoms with Crippen LogP contribution in [0.4, 0.5) is 5.95 Å². The summed E-state index contributed by atoms with van der Waals surface area (Å²) >= 11 is 0. The van der Waals surface area contributed by atoms with Crippen LogP contribution in [0.1, 0.15) is 60.8 Å². The van der Waals surface area contributed by atoms with Gasteiger partial charge in [0.15, 0.2) is 0 Å². The molecule has 2 aliphatic rings. The van der Waals surface area contributed by atoms with Gasteiger partial charge in [0.05, 0.1) is 23.0 Å². The van der Waals surface area contributed by atoms with Crippen molar-refractivity contribution < 1.29 is 9.53 Å². The predicted molar refractivity (Wildman–Crippen MR) is 135 cm³/mol. The van der Waals surface area contributed by atoms with E-state index in [9.17, 15) is 4.79 Å². The zero-order valence-electron chi connectivity index (χ0n) is 20.5. The minimum Gasteiger partial charge on any atom is -0.381 e. The van der Waals surface area contributed by atoms with E-state index in [4.69, 9.17) is 9.72 Å². The number of aromatic nitrogens is 4. The first-order chi connectivity index (χ1) is 17.0. The van der Waals surface area contributed by atoms with Gasteiger partial charge < -0.3 is 20.7 Å². The Balaban J connectivity index is 1.47. The van der Waals surface area contributed by atoms with Crippen molar-refractivity contribution in [1.82, 2.24) is 30.2 Å².